The molecule has 4 rings (SSSR count). The van der Waals surface area contributed by atoms with Crippen LogP contribution in [-0.2, 0) is 6.54 Å². The van der Waals surface area contributed by atoms with Gasteiger partial charge in [0.05, 0.1) is 24.6 Å². The van der Waals surface area contributed by atoms with Crippen molar-refractivity contribution < 1.29 is 9.53 Å². The first-order chi connectivity index (χ1) is 14.5. The molecule has 7 heteroatoms. The van der Waals surface area contributed by atoms with Crippen LogP contribution in [0.5, 0.6) is 5.75 Å². The number of likely N-dealkylation sites (tertiary alicyclic amines) is 1. The zero-order chi connectivity index (χ0) is 21.3. The summed E-state index contributed by atoms with van der Waals surface area (Å²) in [5, 5.41) is 0.502. The number of rotatable bonds is 4. The van der Waals surface area contributed by atoms with Crippen LogP contribution in [0.25, 0.3) is 10.9 Å². The number of nitrogens with zero attached hydrogens (tertiary/aromatic N) is 2. The number of H-pyrrole nitrogens is 1. The van der Waals surface area contributed by atoms with E-state index in [1.807, 2.05) is 29.2 Å². The van der Waals surface area contributed by atoms with Crippen molar-refractivity contribution in [3.63, 3.8) is 0 Å². The van der Waals surface area contributed by atoms with Gasteiger partial charge in [0.2, 0.25) is 0 Å². The monoisotopic (exact) mass is 423 g/mol. The fourth-order valence-corrected chi connectivity index (χ4v) is 4.35. The lowest BCUT2D eigenvalue weighted by Gasteiger charge is -2.31. The van der Waals surface area contributed by atoms with E-state index in [9.17, 15) is 9.59 Å². The summed E-state index contributed by atoms with van der Waals surface area (Å²) in [4.78, 5) is 31.1. The van der Waals surface area contributed by atoms with Crippen LogP contribution in [0, 0.1) is 10.7 Å². The predicted molar refractivity (Wildman–Crippen MR) is 120 cm³/mol. The molecule has 0 saturated carbocycles. The molecule has 0 bridgehead atoms. The summed E-state index contributed by atoms with van der Waals surface area (Å²) in [5.74, 6) is 1.22. The second kappa shape index (κ2) is 8.44. The minimum Gasteiger partial charge on any atom is -0.496 e. The Morgan fingerprint density at radius 3 is 2.83 bits per heavy atom. The smallest absolute Gasteiger partial charge is 0.262 e. The topological polar surface area (TPSA) is 67.3 Å². The van der Waals surface area contributed by atoms with E-state index in [1.165, 1.54) is 4.57 Å². The van der Waals surface area contributed by atoms with Crippen molar-refractivity contribution in [3.8, 4) is 5.75 Å². The van der Waals surface area contributed by atoms with Gasteiger partial charge in [0.15, 0.2) is 4.77 Å². The lowest BCUT2D eigenvalue weighted by molar-refractivity contribution is 0.0683. The second-order valence-corrected chi connectivity index (χ2v) is 8.28. The highest BCUT2D eigenvalue weighted by atomic mass is 32.1. The molecule has 1 fully saturated rings. The van der Waals surface area contributed by atoms with E-state index in [1.54, 1.807) is 25.3 Å². The maximum Gasteiger partial charge on any atom is 0.262 e. The average Bonchev–Trinajstić information content (AvgIpc) is 2.76. The fourth-order valence-electron chi connectivity index (χ4n) is 4.09. The molecule has 0 unspecified atom stereocenters. The Morgan fingerprint density at radius 1 is 1.27 bits per heavy atom. The minimum absolute atomic E-state index is 0.000897. The van der Waals surface area contributed by atoms with E-state index in [2.05, 4.69) is 11.9 Å². The number of nitrogens with one attached hydrogen (secondary N) is 1. The highest BCUT2D eigenvalue weighted by Gasteiger charge is 2.22. The van der Waals surface area contributed by atoms with Crippen molar-refractivity contribution in [1.82, 2.24) is 14.5 Å². The number of ether oxygens (including phenoxy) is 1. The molecule has 1 atom stereocenters. The molecule has 2 heterocycles. The van der Waals surface area contributed by atoms with Crippen LogP contribution in [0.15, 0.2) is 47.3 Å². The first-order valence-corrected chi connectivity index (χ1v) is 10.6. The number of carbonyl (C=O) groups is 1. The average molecular weight is 424 g/mol. The molecule has 30 heavy (non-hydrogen) atoms. The SMILES string of the molecule is COc1ccccc1Cn1c(=S)[nH]c2cc(C(=O)N3CCC[C@@H](C)C3)ccc2c1=O. The van der Waals surface area contributed by atoms with Crippen LogP contribution in [0.2, 0.25) is 0 Å². The minimum atomic E-state index is -0.190. The van der Waals surface area contributed by atoms with Gasteiger partial charge in [-0.15, -0.1) is 0 Å². The van der Waals surface area contributed by atoms with Crippen molar-refractivity contribution >= 4 is 29.0 Å². The number of aromatic amines is 1. The molecule has 1 saturated heterocycles. The number of amides is 1. The van der Waals surface area contributed by atoms with Gasteiger partial charge in [-0.2, -0.15) is 0 Å². The van der Waals surface area contributed by atoms with E-state index in [-0.39, 0.29) is 11.5 Å². The molecular formula is C23H25N3O3S. The van der Waals surface area contributed by atoms with Gasteiger partial charge in [0, 0.05) is 24.2 Å². The van der Waals surface area contributed by atoms with E-state index >= 15 is 0 Å². The molecule has 3 aromatic rings. The second-order valence-electron chi connectivity index (χ2n) is 7.89. The number of hydrogen-bond acceptors (Lipinski definition) is 4. The molecule has 2 aromatic carbocycles. The van der Waals surface area contributed by atoms with Crippen LogP contribution in [0.4, 0.5) is 0 Å². The van der Waals surface area contributed by atoms with Crippen molar-refractivity contribution in [2.45, 2.75) is 26.3 Å². The largest absolute Gasteiger partial charge is 0.496 e. The first-order valence-electron chi connectivity index (χ1n) is 10.2. The van der Waals surface area contributed by atoms with Crippen LogP contribution in [-0.4, -0.2) is 40.6 Å². The third-order valence-corrected chi connectivity index (χ3v) is 6.02. The van der Waals surface area contributed by atoms with Gasteiger partial charge in [0.25, 0.3) is 11.5 Å². The zero-order valence-corrected chi connectivity index (χ0v) is 18.0. The zero-order valence-electron chi connectivity index (χ0n) is 17.2. The summed E-state index contributed by atoms with van der Waals surface area (Å²) in [6, 6.07) is 12.7. The van der Waals surface area contributed by atoms with E-state index in [0.717, 1.165) is 31.5 Å². The van der Waals surface area contributed by atoms with Crippen LogP contribution < -0.4 is 10.3 Å². The van der Waals surface area contributed by atoms with Crippen molar-refractivity contribution in [1.29, 1.82) is 0 Å². The quantitative estimate of drug-likeness (QED) is 0.645. The Balaban J connectivity index is 1.70. The lowest BCUT2D eigenvalue weighted by Crippen LogP contribution is -2.39. The van der Waals surface area contributed by atoms with Crippen LogP contribution in [0.3, 0.4) is 0 Å². The number of fused-ring (bicyclic) bond motifs is 1. The van der Waals surface area contributed by atoms with Crippen molar-refractivity contribution in [2.75, 3.05) is 20.2 Å². The molecule has 6 nitrogen and oxygen atoms in total. The predicted octanol–water partition coefficient (Wildman–Crippen LogP) is 3.99. The molecule has 1 amide bonds. The molecular weight excluding hydrogens is 398 g/mol. The number of benzene rings is 2. The molecule has 0 radical (unpaired) electrons. The summed E-state index contributed by atoms with van der Waals surface area (Å²) >= 11 is 5.47. The summed E-state index contributed by atoms with van der Waals surface area (Å²) in [6.07, 6.45) is 2.18. The third kappa shape index (κ3) is 3.89. The van der Waals surface area contributed by atoms with E-state index in [0.29, 0.717) is 39.4 Å². The summed E-state index contributed by atoms with van der Waals surface area (Å²) in [6.45, 7) is 4.02. The molecule has 1 aliphatic heterocycles. The number of carbonyl (C=O) groups excluding carboxylic acids is 1. The van der Waals surface area contributed by atoms with E-state index in [4.69, 9.17) is 17.0 Å². The fraction of sp³-hybridized carbons (Fsp3) is 0.348. The summed E-state index contributed by atoms with van der Waals surface area (Å²) in [5.41, 5.74) is 1.83. The summed E-state index contributed by atoms with van der Waals surface area (Å²) < 4.78 is 7.22. The molecule has 1 aliphatic rings. The number of methoxy groups -OCH3 is 1. The van der Waals surface area contributed by atoms with Crippen LogP contribution >= 0.6 is 12.2 Å². The Hall–Kier alpha value is -2.93. The van der Waals surface area contributed by atoms with Gasteiger partial charge in [-0.25, -0.2) is 0 Å². The standard InChI is InChI=1S/C23H25N3O3S/c1-15-6-5-11-25(13-15)21(27)16-9-10-18-19(12-16)24-23(30)26(22(18)28)14-17-7-3-4-8-20(17)29-2/h3-4,7-10,12,15H,5-6,11,13-14H2,1-2H3,(H,24,30)/t15-/m1/s1. The Kier molecular flexibility index (Phi) is 5.72. The molecule has 0 spiro atoms. The maximum absolute atomic E-state index is 13.1. The first kappa shape index (κ1) is 20.3. The molecule has 0 aliphatic carbocycles. The highest BCUT2D eigenvalue weighted by molar-refractivity contribution is 7.71. The van der Waals surface area contributed by atoms with Crippen molar-refractivity contribution in [3.05, 3.63) is 68.7 Å². The molecule has 156 valence electrons. The lowest BCUT2D eigenvalue weighted by atomic mass is 9.99. The van der Waals surface area contributed by atoms with Crippen molar-refractivity contribution in [2.24, 2.45) is 5.92 Å². The number of para-hydroxylation sites is 1. The van der Waals surface area contributed by atoms with Crippen LogP contribution in [0.1, 0.15) is 35.7 Å². The van der Waals surface area contributed by atoms with Gasteiger partial charge in [-0.3, -0.25) is 14.2 Å². The van der Waals surface area contributed by atoms with Gasteiger partial charge in [0.1, 0.15) is 5.75 Å². The normalized spacial score (nSPS) is 16.6. The Bertz CT molecular complexity index is 1210. The van der Waals surface area contributed by atoms with Gasteiger partial charge in [-0.1, -0.05) is 25.1 Å². The van der Waals surface area contributed by atoms with Gasteiger partial charge in [-0.05, 0) is 55.2 Å². The van der Waals surface area contributed by atoms with E-state index < -0.39 is 0 Å². The maximum atomic E-state index is 13.1. The van der Waals surface area contributed by atoms with Gasteiger partial charge < -0.3 is 14.6 Å². The number of piperidine rings is 1. The summed E-state index contributed by atoms with van der Waals surface area (Å²) in [7, 11) is 1.60. The highest BCUT2D eigenvalue weighted by Crippen LogP contribution is 2.21. The molecule has 1 aromatic heterocycles. The third-order valence-electron chi connectivity index (χ3n) is 5.69. The Labute approximate surface area is 180 Å². The molecule has 1 N–H and O–H groups in total. The Morgan fingerprint density at radius 2 is 2.07 bits per heavy atom. The van der Waals surface area contributed by atoms with Gasteiger partial charge >= 0.3 is 0 Å². The number of hydrogen-bond donors (Lipinski definition) is 1. The number of aromatic nitrogens is 2.